The second-order valence-electron chi connectivity index (χ2n) is 8.69. The van der Waals surface area contributed by atoms with Gasteiger partial charge in [-0.05, 0) is 60.2 Å². The summed E-state index contributed by atoms with van der Waals surface area (Å²) in [5, 5.41) is 12.5. The molecule has 6 nitrogen and oxygen atoms in total. The van der Waals surface area contributed by atoms with E-state index in [1.165, 1.54) is 6.07 Å². The summed E-state index contributed by atoms with van der Waals surface area (Å²) in [5.74, 6) is -0.840. The number of hydrogen-bond donors (Lipinski definition) is 1. The van der Waals surface area contributed by atoms with Gasteiger partial charge in [-0.15, -0.1) is 0 Å². The Kier molecular flexibility index (Phi) is 6.12. The van der Waals surface area contributed by atoms with E-state index in [2.05, 4.69) is 4.98 Å². The molecule has 5 rings (SSSR count). The van der Waals surface area contributed by atoms with Crippen LogP contribution in [0.4, 0.5) is 0 Å². The summed E-state index contributed by atoms with van der Waals surface area (Å²) in [4.78, 5) is 28.6. The topological polar surface area (TPSA) is 85.7 Å². The van der Waals surface area contributed by atoms with Crippen LogP contribution in [0, 0.1) is 5.92 Å². The molecule has 1 heterocycles. The van der Waals surface area contributed by atoms with Gasteiger partial charge in [0, 0.05) is 11.6 Å². The Balaban J connectivity index is 1.19. The minimum absolute atomic E-state index is 0.0714. The lowest BCUT2D eigenvalue weighted by molar-refractivity contribution is -0.151. The fourth-order valence-electron chi connectivity index (χ4n) is 4.69. The third-order valence-electron chi connectivity index (χ3n) is 6.47. The first-order chi connectivity index (χ1) is 16.6. The molecule has 0 saturated heterocycles. The molecule has 0 amide bonds. The van der Waals surface area contributed by atoms with Gasteiger partial charge in [-0.25, -0.2) is 4.79 Å². The standard InChI is InChI=1S/C28H25NO5/c30-27(31)25-16-23(15-20-8-4-14-29-26(20)25)34-22-12-10-19(11-13-22)28(32)33-17-21-7-3-6-18-5-1-2-9-24(18)21/h1-9,14-16,19,22H,10-13,17H2,(H,30,31). The number of carbonyl (C=O) groups excluding carboxylic acids is 1. The molecule has 1 aromatic heterocycles. The molecule has 6 heteroatoms. The number of aromatic nitrogens is 1. The van der Waals surface area contributed by atoms with Crippen LogP contribution in [0.2, 0.25) is 0 Å². The SMILES string of the molecule is O=C(O)c1cc(OC2CCC(C(=O)OCc3cccc4ccccc34)CC2)cc2cccnc12. The van der Waals surface area contributed by atoms with Gasteiger partial charge in [0.1, 0.15) is 12.4 Å². The molecule has 3 aromatic carbocycles. The molecule has 1 fully saturated rings. The van der Waals surface area contributed by atoms with E-state index in [1.807, 2.05) is 54.6 Å². The van der Waals surface area contributed by atoms with Gasteiger partial charge in [-0.3, -0.25) is 9.78 Å². The van der Waals surface area contributed by atoms with Gasteiger partial charge < -0.3 is 14.6 Å². The van der Waals surface area contributed by atoms with Crippen molar-refractivity contribution in [2.75, 3.05) is 0 Å². The van der Waals surface area contributed by atoms with Crippen LogP contribution in [-0.4, -0.2) is 28.1 Å². The number of nitrogens with zero attached hydrogens (tertiary/aromatic N) is 1. The zero-order valence-corrected chi connectivity index (χ0v) is 18.6. The van der Waals surface area contributed by atoms with E-state index in [0.29, 0.717) is 36.9 Å². The van der Waals surface area contributed by atoms with Crippen LogP contribution in [0.1, 0.15) is 41.6 Å². The summed E-state index contributed by atoms with van der Waals surface area (Å²) in [5.41, 5.74) is 1.57. The zero-order chi connectivity index (χ0) is 23.5. The molecular formula is C28H25NO5. The molecule has 0 radical (unpaired) electrons. The number of carbonyl (C=O) groups is 2. The van der Waals surface area contributed by atoms with E-state index in [1.54, 1.807) is 12.3 Å². The van der Waals surface area contributed by atoms with Crippen LogP contribution in [0.5, 0.6) is 5.75 Å². The van der Waals surface area contributed by atoms with E-state index in [4.69, 9.17) is 9.47 Å². The highest BCUT2D eigenvalue weighted by Crippen LogP contribution is 2.31. The predicted molar refractivity (Wildman–Crippen MR) is 129 cm³/mol. The van der Waals surface area contributed by atoms with Crippen molar-refractivity contribution in [2.24, 2.45) is 5.92 Å². The number of hydrogen-bond acceptors (Lipinski definition) is 5. The van der Waals surface area contributed by atoms with E-state index >= 15 is 0 Å². The smallest absolute Gasteiger partial charge is 0.338 e. The summed E-state index contributed by atoms with van der Waals surface area (Å²) in [6.45, 7) is 0.264. The quantitative estimate of drug-likeness (QED) is 0.372. The second-order valence-corrected chi connectivity index (χ2v) is 8.69. The van der Waals surface area contributed by atoms with Crippen molar-refractivity contribution >= 4 is 33.6 Å². The lowest BCUT2D eigenvalue weighted by Crippen LogP contribution is -2.29. The number of pyridine rings is 1. The van der Waals surface area contributed by atoms with Crippen molar-refractivity contribution in [1.29, 1.82) is 0 Å². The number of fused-ring (bicyclic) bond motifs is 2. The molecule has 1 N–H and O–H groups in total. The van der Waals surface area contributed by atoms with Crippen LogP contribution < -0.4 is 4.74 Å². The minimum Gasteiger partial charge on any atom is -0.490 e. The lowest BCUT2D eigenvalue weighted by atomic mass is 9.87. The van der Waals surface area contributed by atoms with E-state index in [-0.39, 0.29) is 30.2 Å². The highest BCUT2D eigenvalue weighted by Gasteiger charge is 2.29. The van der Waals surface area contributed by atoms with E-state index in [9.17, 15) is 14.7 Å². The van der Waals surface area contributed by atoms with Crippen molar-refractivity contribution in [1.82, 2.24) is 4.98 Å². The minimum atomic E-state index is -1.04. The molecule has 1 aliphatic rings. The summed E-state index contributed by atoms with van der Waals surface area (Å²) < 4.78 is 11.8. The lowest BCUT2D eigenvalue weighted by Gasteiger charge is -2.28. The van der Waals surface area contributed by atoms with E-state index < -0.39 is 5.97 Å². The molecule has 34 heavy (non-hydrogen) atoms. The number of aromatic carboxylic acids is 1. The third kappa shape index (κ3) is 4.57. The summed E-state index contributed by atoms with van der Waals surface area (Å²) in [6, 6.07) is 21.0. The Bertz CT molecular complexity index is 1350. The number of carboxylic acid groups (broad SMARTS) is 1. The molecule has 4 aromatic rings. The van der Waals surface area contributed by atoms with Crippen molar-refractivity contribution in [2.45, 2.75) is 38.4 Å². The number of carboxylic acids is 1. The van der Waals surface area contributed by atoms with Crippen molar-refractivity contribution in [3.8, 4) is 5.75 Å². The molecule has 1 saturated carbocycles. The Morgan fingerprint density at radius 3 is 2.50 bits per heavy atom. The molecular weight excluding hydrogens is 430 g/mol. The first kappa shape index (κ1) is 21.9. The Morgan fingerprint density at radius 2 is 1.68 bits per heavy atom. The highest BCUT2D eigenvalue weighted by molar-refractivity contribution is 6.02. The first-order valence-corrected chi connectivity index (χ1v) is 11.5. The average Bonchev–Trinajstić information content (AvgIpc) is 2.87. The van der Waals surface area contributed by atoms with Crippen molar-refractivity contribution in [3.63, 3.8) is 0 Å². The highest BCUT2D eigenvalue weighted by atomic mass is 16.5. The van der Waals surface area contributed by atoms with Gasteiger partial charge in [0.15, 0.2) is 0 Å². The van der Waals surface area contributed by atoms with Crippen LogP contribution in [0.15, 0.2) is 72.9 Å². The number of benzene rings is 3. The first-order valence-electron chi connectivity index (χ1n) is 11.5. The van der Waals surface area contributed by atoms with E-state index in [0.717, 1.165) is 21.7 Å². The predicted octanol–water partition coefficient (Wildman–Crippen LogP) is 5.77. The maximum atomic E-state index is 12.7. The number of ether oxygens (including phenoxy) is 2. The van der Waals surface area contributed by atoms with Gasteiger partial charge in [-0.2, -0.15) is 0 Å². The summed E-state index contributed by atoms with van der Waals surface area (Å²) in [6.07, 6.45) is 4.29. The Labute approximate surface area is 197 Å². The van der Waals surface area contributed by atoms with Gasteiger partial charge in [0.25, 0.3) is 0 Å². The maximum Gasteiger partial charge on any atom is 0.338 e. The largest absolute Gasteiger partial charge is 0.490 e. The van der Waals surface area contributed by atoms with Crippen LogP contribution in [0.3, 0.4) is 0 Å². The van der Waals surface area contributed by atoms with Crippen LogP contribution in [-0.2, 0) is 16.1 Å². The molecule has 1 aliphatic carbocycles. The fraction of sp³-hybridized carbons (Fsp3) is 0.250. The van der Waals surface area contributed by atoms with Crippen molar-refractivity contribution < 1.29 is 24.2 Å². The Hall–Kier alpha value is -3.93. The zero-order valence-electron chi connectivity index (χ0n) is 18.6. The molecule has 0 aliphatic heterocycles. The molecule has 0 spiro atoms. The molecule has 172 valence electrons. The van der Waals surface area contributed by atoms with Gasteiger partial charge in [-0.1, -0.05) is 48.5 Å². The van der Waals surface area contributed by atoms with Gasteiger partial charge >= 0.3 is 11.9 Å². The van der Waals surface area contributed by atoms with Crippen molar-refractivity contribution in [3.05, 3.63) is 84.1 Å². The number of esters is 1. The Morgan fingerprint density at radius 1 is 0.912 bits per heavy atom. The third-order valence-corrected chi connectivity index (χ3v) is 6.47. The molecule has 0 unspecified atom stereocenters. The van der Waals surface area contributed by atoms with Crippen LogP contribution in [0.25, 0.3) is 21.7 Å². The second kappa shape index (κ2) is 9.51. The van der Waals surface area contributed by atoms with Gasteiger partial charge in [0.2, 0.25) is 0 Å². The summed E-state index contributed by atoms with van der Waals surface area (Å²) >= 11 is 0. The average molecular weight is 456 g/mol. The maximum absolute atomic E-state index is 12.7. The number of rotatable bonds is 6. The fourth-order valence-corrected chi connectivity index (χ4v) is 4.69. The molecule has 0 bridgehead atoms. The van der Waals surface area contributed by atoms with Crippen LogP contribution >= 0.6 is 0 Å². The summed E-state index contributed by atoms with van der Waals surface area (Å²) in [7, 11) is 0. The monoisotopic (exact) mass is 455 g/mol. The normalized spacial score (nSPS) is 18.0. The molecule has 0 atom stereocenters. The van der Waals surface area contributed by atoms with Gasteiger partial charge in [0.05, 0.1) is 23.1 Å².